The van der Waals surface area contributed by atoms with E-state index in [9.17, 15) is 0 Å². The van der Waals surface area contributed by atoms with Crippen molar-refractivity contribution in [2.24, 2.45) is 0 Å². The molecule has 1 aliphatic carbocycles. The first-order valence-electron chi connectivity index (χ1n) is 7.26. The molecule has 0 amide bonds. The predicted octanol–water partition coefficient (Wildman–Crippen LogP) is 3.34. The van der Waals surface area contributed by atoms with Gasteiger partial charge in [-0.25, -0.2) is 4.98 Å². The van der Waals surface area contributed by atoms with E-state index in [1.807, 2.05) is 12.1 Å². The molecule has 1 unspecified atom stereocenters. The van der Waals surface area contributed by atoms with Crippen LogP contribution in [0.15, 0.2) is 18.2 Å². The van der Waals surface area contributed by atoms with Crippen molar-refractivity contribution in [3.05, 3.63) is 24.0 Å². The summed E-state index contributed by atoms with van der Waals surface area (Å²) in [4.78, 5) is 4.87. The number of nitrogens with two attached hydrogens (primary N) is 1. The normalized spacial score (nSPS) is 23.3. The predicted molar refractivity (Wildman–Crippen MR) is 89.7 cm³/mol. The second-order valence-corrected chi connectivity index (χ2v) is 8.23. The molecule has 5 heteroatoms. The minimum atomic E-state index is 0.685. The Balaban J connectivity index is 1.73. The van der Waals surface area contributed by atoms with Crippen molar-refractivity contribution in [1.29, 1.82) is 0 Å². The van der Waals surface area contributed by atoms with Crippen molar-refractivity contribution < 1.29 is 0 Å². The summed E-state index contributed by atoms with van der Waals surface area (Å²) in [5.74, 6) is 5.83. The number of fused-ring (bicyclic) bond motifs is 1. The molecule has 20 heavy (non-hydrogen) atoms. The summed E-state index contributed by atoms with van der Waals surface area (Å²) in [5, 5.41) is 0.723. The molecule has 1 atom stereocenters. The second kappa shape index (κ2) is 5.19. The zero-order valence-corrected chi connectivity index (χ0v) is 13.1. The number of benzene rings is 1. The molecule has 4 rings (SSSR count). The van der Waals surface area contributed by atoms with Crippen LogP contribution in [0.2, 0.25) is 0 Å². The Morgan fingerprint density at radius 2 is 2.20 bits per heavy atom. The maximum absolute atomic E-state index is 5.90. The maximum Gasteiger partial charge on any atom is 0.113 e. The number of nitrogens with zero attached hydrogens (tertiary/aromatic N) is 2. The fourth-order valence-corrected chi connectivity index (χ4v) is 5.51. The lowest BCUT2D eigenvalue weighted by Crippen LogP contribution is -2.21. The lowest BCUT2D eigenvalue weighted by molar-refractivity contribution is 0.669. The van der Waals surface area contributed by atoms with Gasteiger partial charge < -0.3 is 10.3 Å². The van der Waals surface area contributed by atoms with E-state index in [1.54, 1.807) is 0 Å². The van der Waals surface area contributed by atoms with E-state index in [0.29, 0.717) is 5.92 Å². The summed E-state index contributed by atoms with van der Waals surface area (Å²) in [6.07, 6.45) is 2.59. The van der Waals surface area contributed by atoms with E-state index in [1.165, 1.54) is 41.4 Å². The van der Waals surface area contributed by atoms with Crippen LogP contribution in [0.1, 0.15) is 24.6 Å². The van der Waals surface area contributed by atoms with Crippen molar-refractivity contribution in [2.75, 3.05) is 23.0 Å². The first kappa shape index (κ1) is 12.9. The lowest BCUT2D eigenvalue weighted by Gasteiger charge is -2.22. The molecule has 3 nitrogen and oxygen atoms in total. The van der Waals surface area contributed by atoms with Gasteiger partial charge in [0.1, 0.15) is 5.82 Å². The van der Waals surface area contributed by atoms with E-state index in [4.69, 9.17) is 10.7 Å². The number of nitrogen functional groups attached to an aromatic ring is 1. The molecule has 0 spiro atoms. The van der Waals surface area contributed by atoms with Crippen LogP contribution in [0.4, 0.5) is 5.69 Å². The molecule has 2 fully saturated rings. The van der Waals surface area contributed by atoms with E-state index in [0.717, 1.165) is 23.0 Å². The molecule has 2 N–H and O–H groups in total. The molecule has 1 saturated carbocycles. The van der Waals surface area contributed by atoms with Crippen molar-refractivity contribution >= 4 is 40.2 Å². The quantitative estimate of drug-likeness (QED) is 0.883. The number of thioether (sulfide) groups is 2. The summed E-state index contributed by atoms with van der Waals surface area (Å²) in [6.45, 7) is 1.10. The van der Waals surface area contributed by atoms with Crippen molar-refractivity contribution in [3.8, 4) is 0 Å². The van der Waals surface area contributed by atoms with Gasteiger partial charge in [-0.15, -0.1) is 0 Å². The van der Waals surface area contributed by atoms with Gasteiger partial charge in [-0.05, 0) is 31.0 Å². The molecule has 1 aliphatic heterocycles. The van der Waals surface area contributed by atoms with Gasteiger partial charge in [0, 0.05) is 40.7 Å². The minimum absolute atomic E-state index is 0.685. The number of hydrogen-bond acceptors (Lipinski definition) is 4. The largest absolute Gasteiger partial charge is 0.399 e. The Morgan fingerprint density at radius 3 is 2.95 bits per heavy atom. The SMILES string of the molecule is Nc1ccc2c(c1)nc(C1CC1)n2CC1CSCCS1. The number of aromatic nitrogens is 2. The van der Waals surface area contributed by atoms with E-state index in [-0.39, 0.29) is 0 Å². The average molecular weight is 305 g/mol. The number of anilines is 1. The third kappa shape index (κ3) is 2.42. The molecule has 1 aromatic heterocycles. The first-order valence-corrected chi connectivity index (χ1v) is 9.46. The monoisotopic (exact) mass is 305 g/mol. The zero-order valence-electron chi connectivity index (χ0n) is 11.4. The highest BCUT2D eigenvalue weighted by Gasteiger charge is 2.30. The summed E-state index contributed by atoms with van der Waals surface area (Å²) in [5.41, 5.74) is 9.05. The Hall–Kier alpha value is -0.810. The number of imidazole rings is 1. The Labute approximate surface area is 127 Å². The topological polar surface area (TPSA) is 43.8 Å². The van der Waals surface area contributed by atoms with E-state index in [2.05, 4.69) is 34.2 Å². The van der Waals surface area contributed by atoms with Crippen molar-refractivity contribution in [3.63, 3.8) is 0 Å². The fraction of sp³-hybridized carbons (Fsp3) is 0.533. The van der Waals surface area contributed by atoms with Crippen molar-refractivity contribution in [1.82, 2.24) is 9.55 Å². The first-order chi connectivity index (χ1) is 9.81. The molecular weight excluding hydrogens is 286 g/mol. The third-order valence-electron chi connectivity index (χ3n) is 4.02. The summed E-state index contributed by atoms with van der Waals surface area (Å²) < 4.78 is 2.47. The highest BCUT2D eigenvalue weighted by atomic mass is 32.2. The van der Waals surface area contributed by atoms with E-state index < -0.39 is 0 Å². The van der Waals surface area contributed by atoms with Crippen LogP contribution in [0.5, 0.6) is 0 Å². The zero-order chi connectivity index (χ0) is 13.5. The van der Waals surface area contributed by atoms with Crippen LogP contribution < -0.4 is 5.73 Å². The maximum atomic E-state index is 5.90. The van der Waals surface area contributed by atoms with Gasteiger partial charge in [0.05, 0.1) is 11.0 Å². The molecular formula is C15H19N3S2. The van der Waals surface area contributed by atoms with Gasteiger partial charge in [0.2, 0.25) is 0 Å². The van der Waals surface area contributed by atoms with Gasteiger partial charge in [0.15, 0.2) is 0 Å². The van der Waals surface area contributed by atoms with Crippen LogP contribution in [0.3, 0.4) is 0 Å². The standard InChI is InChI=1S/C15H19N3S2/c16-11-3-4-14-13(7-11)17-15(10-1-2-10)18(14)8-12-9-19-5-6-20-12/h3-4,7,10,12H,1-2,5-6,8-9,16H2. The van der Waals surface area contributed by atoms with Crippen LogP contribution >= 0.6 is 23.5 Å². The Morgan fingerprint density at radius 1 is 1.30 bits per heavy atom. The minimum Gasteiger partial charge on any atom is -0.399 e. The number of rotatable bonds is 3. The van der Waals surface area contributed by atoms with Gasteiger partial charge in [-0.3, -0.25) is 0 Å². The molecule has 2 heterocycles. The molecule has 2 aromatic rings. The summed E-state index contributed by atoms with van der Waals surface area (Å²) >= 11 is 4.21. The third-order valence-corrected chi connectivity index (χ3v) is 6.84. The van der Waals surface area contributed by atoms with Crippen molar-refractivity contribution in [2.45, 2.75) is 30.6 Å². The second-order valence-electron chi connectivity index (χ2n) is 5.67. The summed E-state index contributed by atoms with van der Waals surface area (Å²) in [7, 11) is 0. The Bertz CT molecular complexity index is 627. The van der Waals surface area contributed by atoms with Gasteiger partial charge >= 0.3 is 0 Å². The highest BCUT2D eigenvalue weighted by molar-refractivity contribution is 8.06. The number of hydrogen-bond donors (Lipinski definition) is 1. The molecule has 2 aliphatic rings. The van der Waals surface area contributed by atoms with Gasteiger partial charge in [-0.2, -0.15) is 23.5 Å². The van der Waals surface area contributed by atoms with E-state index >= 15 is 0 Å². The lowest BCUT2D eigenvalue weighted by atomic mass is 10.3. The summed E-state index contributed by atoms with van der Waals surface area (Å²) in [6, 6.07) is 6.16. The molecule has 0 bridgehead atoms. The molecule has 0 radical (unpaired) electrons. The highest BCUT2D eigenvalue weighted by Crippen LogP contribution is 2.41. The van der Waals surface area contributed by atoms with Crippen LogP contribution in [0, 0.1) is 0 Å². The van der Waals surface area contributed by atoms with Gasteiger partial charge in [0.25, 0.3) is 0 Å². The molecule has 106 valence electrons. The smallest absolute Gasteiger partial charge is 0.113 e. The van der Waals surface area contributed by atoms with Crippen LogP contribution in [-0.4, -0.2) is 32.1 Å². The molecule has 1 saturated heterocycles. The average Bonchev–Trinajstić information content (AvgIpc) is 3.24. The Kier molecular flexibility index (Phi) is 3.34. The van der Waals surface area contributed by atoms with Crippen LogP contribution in [-0.2, 0) is 6.54 Å². The molecule has 1 aromatic carbocycles. The fourth-order valence-electron chi connectivity index (χ4n) is 2.86. The van der Waals surface area contributed by atoms with Gasteiger partial charge in [-0.1, -0.05) is 0 Å². The van der Waals surface area contributed by atoms with Crippen LogP contribution in [0.25, 0.3) is 11.0 Å².